The molecule has 0 spiro atoms. The van der Waals surface area contributed by atoms with E-state index in [0.717, 1.165) is 11.3 Å². The Morgan fingerprint density at radius 3 is 2.45 bits per heavy atom. The highest BCUT2D eigenvalue weighted by Gasteiger charge is 2.15. The van der Waals surface area contributed by atoms with Crippen LogP contribution in [-0.2, 0) is 4.74 Å². The zero-order valence-electron chi connectivity index (χ0n) is 12.8. The average molecular weight is 300 g/mol. The van der Waals surface area contributed by atoms with Gasteiger partial charge in [0.25, 0.3) is 5.91 Å². The van der Waals surface area contributed by atoms with E-state index in [-0.39, 0.29) is 11.9 Å². The highest BCUT2D eigenvalue weighted by atomic mass is 16.5. The van der Waals surface area contributed by atoms with E-state index in [2.05, 4.69) is 10.3 Å². The summed E-state index contributed by atoms with van der Waals surface area (Å²) in [5.74, 6) is 0.654. The lowest BCUT2D eigenvalue weighted by Gasteiger charge is -2.19. The summed E-state index contributed by atoms with van der Waals surface area (Å²) in [6.45, 7) is 2.96. The number of aromatic nitrogens is 1. The molecule has 1 N–H and O–H groups in total. The molecule has 2 aromatic rings. The van der Waals surface area contributed by atoms with E-state index in [1.54, 1.807) is 31.6 Å². The Bertz CT molecular complexity index is 585. The van der Waals surface area contributed by atoms with E-state index >= 15 is 0 Å². The summed E-state index contributed by atoms with van der Waals surface area (Å²) in [6, 6.07) is 10.8. The molecule has 0 saturated carbocycles. The fraction of sp³-hybridized carbons (Fsp3) is 0.294. The van der Waals surface area contributed by atoms with Crippen LogP contribution in [0.3, 0.4) is 0 Å². The van der Waals surface area contributed by atoms with Crippen LogP contribution in [0.4, 0.5) is 0 Å². The zero-order chi connectivity index (χ0) is 15.8. The molecule has 1 aromatic carbocycles. The monoisotopic (exact) mass is 300 g/mol. The van der Waals surface area contributed by atoms with Gasteiger partial charge in [0.2, 0.25) is 0 Å². The zero-order valence-corrected chi connectivity index (χ0v) is 12.8. The van der Waals surface area contributed by atoms with Crippen LogP contribution in [0.15, 0.2) is 48.8 Å². The summed E-state index contributed by atoms with van der Waals surface area (Å²) in [5, 5.41) is 2.97. The maximum absolute atomic E-state index is 12.3. The molecule has 0 saturated heterocycles. The molecule has 116 valence electrons. The summed E-state index contributed by atoms with van der Waals surface area (Å²) >= 11 is 0. The summed E-state index contributed by atoms with van der Waals surface area (Å²) in [4.78, 5) is 16.2. The Kier molecular flexibility index (Phi) is 5.91. The predicted molar refractivity (Wildman–Crippen MR) is 83.9 cm³/mol. The number of amides is 1. The Balaban J connectivity index is 2.10. The van der Waals surface area contributed by atoms with Gasteiger partial charge in [-0.1, -0.05) is 12.1 Å². The molecule has 0 aliphatic heterocycles. The molecule has 1 heterocycles. The van der Waals surface area contributed by atoms with Crippen molar-refractivity contribution in [1.82, 2.24) is 10.3 Å². The molecule has 0 bridgehead atoms. The lowest BCUT2D eigenvalue weighted by Crippen LogP contribution is -2.31. The third kappa shape index (κ3) is 4.30. The minimum absolute atomic E-state index is 0.154. The number of hydrogen-bond acceptors (Lipinski definition) is 4. The maximum atomic E-state index is 12.3. The maximum Gasteiger partial charge on any atom is 0.251 e. The van der Waals surface area contributed by atoms with Gasteiger partial charge in [0.15, 0.2) is 0 Å². The minimum Gasteiger partial charge on any atom is -0.494 e. The van der Waals surface area contributed by atoms with Crippen LogP contribution >= 0.6 is 0 Å². The molecule has 0 fully saturated rings. The highest BCUT2D eigenvalue weighted by Crippen LogP contribution is 2.19. The van der Waals surface area contributed by atoms with Crippen molar-refractivity contribution in [3.63, 3.8) is 0 Å². The van der Waals surface area contributed by atoms with Crippen molar-refractivity contribution in [2.24, 2.45) is 0 Å². The molecule has 0 radical (unpaired) electrons. The van der Waals surface area contributed by atoms with E-state index in [9.17, 15) is 4.79 Å². The Hall–Kier alpha value is -2.40. The number of rotatable bonds is 7. The highest BCUT2D eigenvalue weighted by molar-refractivity contribution is 5.94. The van der Waals surface area contributed by atoms with Crippen molar-refractivity contribution in [2.75, 3.05) is 20.3 Å². The smallest absolute Gasteiger partial charge is 0.251 e. The molecule has 1 atom stereocenters. The lowest BCUT2D eigenvalue weighted by atomic mass is 10.1. The fourth-order valence-corrected chi connectivity index (χ4v) is 2.10. The Morgan fingerprint density at radius 2 is 1.86 bits per heavy atom. The van der Waals surface area contributed by atoms with Gasteiger partial charge in [-0.2, -0.15) is 0 Å². The first kappa shape index (κ1) is 16.0. The van der Waals surface area contributed by atoms with Gasteiger partial charge in [-0.25, -0.2) is 0 Å². The predicted octanol–water partition coefficient (Wildman–Crippen LogP) is 2.60. The molecule has 1 aromatic heterocycles. The first-order valence-corrected chi connectivity index (χ1v) is 7.17. The molecule has 5 heteroatoms. The number of hydrogen-bond donors (Lipinski definition) is 1. The molecule has 1 amide bonds. The largest absolute Gasteiger partial charge is 0.494 e. The van der Waals surface area contributed by atoms with Gasteiger partial charge < -0.3 is 14.8 Å². The summed E-state index contributed by atoms with van der Waals surface area (Å²) in [6.07, 6.45) is 3.19. The summed E-state index contributed by atoms with van der Waals surface area (Å²) < 4.78 is 10.6. The Morgan fingerprint density at radius 1 is 1.18 bits per heavy atom. The SMILES string of the molecule is CCOc1ccc([C@@H](COC)NC(=O)c2ccncc2)cc1. The third-order valence-electron chi connectivity index (χ3n) is 3.17. The van der Waals surface area contributed by atoms with Crippen LogP contribution in [-0.4, -0.2) is 31.2 Å². The minimum atomic E-state index is -0.221. The Labute approximate surface area is 130 Å². The van der Waals surface area contributed by atoms with Crippen LogP contribution in [0, 0.1) is 0 Å². The second kappa shape index (κ2) is 8.14. The van der Waals surface area contributed by atoms with E-state index in [4.69, 9.17) is 9.47 Å². The number of methoxy groups -OCH3 is 1. The van der Waals surface area contributed by atoms with Crippen LogP contribution < -0.4 is 10.1 Å². The van der Waals surface area contributed by atoms with Gasteiger partial charge in [-0.3, -0.25) is 9.78 Å². The van der Waals surface area contributed by atoms with E-state index in [0.29, 0.717) is 18.8 Å². The topological polar surface area (TPSA) is 60.5 Å². The van der Waals surface area contributed by atoms with Gasteiger partial charge in [0.1, 0.15) is 5.75 Å². The second-order valence-electron chi connectivity index (χ2n) is 4.72. The van der Waals surface area contributed by atoms with Gasteiger partial charge in [0, 0.05) is 25.1 Å². The fourth-order valence-electron chi connectivity index (χ4n) is 2.10. The standard InChI is InChI=1S/C17H20N2O3/c1-3-22-15-6-4-13(5-7-15)16(12-21-2)19-17(20)14-8-10-18-11-9-14/h4-11,16H,3,12H2,1-2H3,(H,19,20)/t16-/m1/s1. The average Bonchev–Trinajstić information content (AvgIpc) is 2.56. The molecular formula is C17H20N2O3. The number of carbonyl (C=O) groups is 1. The normalized spacial score (nSPS) is 11.7. The van der Waals surface area contributed by atoms with E-state index < -0.39 is 0 Å². The van der Waals surface area contributed by atoms with Crippen molar-refractivity contribution in [2.45, 2.75) is 13.0 Å². The van der Waals surface area contributed by atoms with E-state index in [1.807, 2.05) is 31.2 Å². The van der Waals surface area contributed by atoms with Crippen molar-refractivity contribution in [1.29, 1.82) is 0 Å². The number of carbonyl (C=O) groups excluding carboxylic acids is 1. The molecular weight excluding hydrogens is 280 g/mol. The van der Waals surface area contributed by atoms with Crippen molar-refractivity contribution in [3.05, 3.63) is 59.9 Å². The lowest BCUT2D eigenvalue weighted by molar-refractivity contribution is 0.0896. The van der Waals surface area contributed by atoms with Crippen LogP contribution in [0.25, 0.3) is 0 Å². The molecule has 0 unspecified atom stereocenters. The number of nitrogens with zero attached hydrogens (tertiary/aromatic N) is 1. The van der Waals surface area contributed by atoms with Crippen molar-refractivity contribution in [3.8, 4) is 5.75 Å². The number of ether oxygens (including phenoxy) is 2. The molecule has 5 nitrogen and oxygen atoms in total. The van der Waals surface area contributed by atoms with Gasteiger partial charge >= 0.3 is 0 Å². The van der Waals surface area contributed by atoms with Crippen molar-refractivity contribution < 1.29 is 14.3 Å². The quantitative estimate of drug-likeness (QED) is 0.854. The van der Waals surface area contributed by atoms with Gasteiger partial charge in [-0.15, -0.1) is 0 Å². The number of nitrogens with one attached hydrogen (secondary N) is 1. The second-order valence-corrected chi connectivity index (χ2v) is 4.72. The van der Waals surface area contributed by atoms with E-state index in [1.165, 1.54) is 0 Å². The number of pyridine rings is 1. The van der Waals surface area contributed by atoms with Crippen molar-refractivity contribution >= 4 is 5.91 Å². The third-order valence-corrected chi connectivity index (χ3v) is 3.17. The molecule has 2 rings (SSSR count). The first-order chi connectivity index (χ1) is 10.7. The summed E-state index contributed by atoms with van der Waals surface area (Å²) in [7, 11) is 1.61. The number of benzene rings is 1. The van der Waals surface area contributed by atoms with Gasteiger partial charge in [-0.05, 0) is 36.8 Å². The summed E-state index contributed by atoms with van der Waals surface area (Å²) in [5.41, 5.74) is 1.54. The van der Waals surface area contributed by atoms with Crippen LogP contribution in [0.5, 0.6) is 5.75 Å². The molecule has 0 aliphatic rings. The van der Waals surface area contributed by atoms with Gasteiger partial charge in [0.05, 0.1) is 19.3 Å². The van der Waals surface area contributed by atoms with Crippen LogP contribution in [0.2, 0.25) is 0 Å². The molecule has 22 heavy (non-hydrogen) atoms. The first-order valence-electron chi connectivity index (χ1n) is 7.17. The molecule has 0 aliphatic carbocycles. The van der Waals surface area contributed by atoms with Crippen LogP contribution in [0.1, 0.15) is 28.9 Å².